The lowest BCUT2D eigenvalue weighted by Gasteiger charge is -2.37. The number of carboxylic acid groups (broad SMARTS) is 1. The van der Waals surface area contributed by atoms with E-state index in [1.54, 1.807) is 0 Å². The fourth-order valence-electron chi connectivity index (χ4n) is 1.89. The fraction of sp³-hybridized carbons (Fsp3) is 0.417. The van der Waals surface area contributed by atoms with Gasteiger partial charge in [0.1, 0.15) is 17.1 Å². The number of unbranched alkanes of at least 4 members (excludes halogenated alkanes) is 1. The molecule has 3 N–H and O–H groups in total. The standard InChI is InChI=1S/C12H15BFO7/c1-2-3-4-19-8-5-7(14)10-11(9(8)12(15)16)21-13(17,18)6-20-10/h5,17-18H,2-4,6H2,1H3,(H,15,16)/q-1. The molecule has 1 aromatic carbocycles. The van der Waals surface area contributed by atoms with Gasteiger partial charge in [-0.25, -0.2) is 9.18 Å². The van der Waals surface area contributed by atoms with Crippen molar-refractivity contribution in [2.45, 2.75) is 19.8 Å². The predicted octanol–water partition coefficient (Wildman–Crippen LogP) is 0.937. The Hall–Kier alpha value is -2.00. The van der Waals surface area contributed by atoms with Crippen LogP contribution in [0, 0.1) is 5.82 Å². The molecule has 0 saturated heterocycles. The van der Waals surface area contributed by atoms with Crippen molar-refractivity contribution < 1.29 is 38.5 Å². The zero-order valence-electron chi connectivity index (χ0n) is 11.3. The SMILES string of the molecule is CCCCOc1cc(F)c2c(c1C(=O)O)O[B-](O)(O)CO2. The van der Waals surface area contributed by atoms with Crippen molar-refractivity contribution >= 4 is 12.7 Å². The van der Waals surface area contributed by atoms with Crippen molar-refractivity contribution in [2.24, 2.45) is 0 Å². The highest BCUT2D eigenvalue weighted by Gasteiger charge is 2.36. The summed E-state index contributed by atoms with van der Waals surface area (Å²) in [6.45, 7) is -1.96. The van der Waals surface area contributed by atoms with Gasteiger partial charge in [-0.15, -0.1) is 0 Å². The molecule has 0 aromatic heterocycles. The molecule has 1 heterocycles. The fourth-order valence-corrected chi connectivity index (χ4v) is 1.89. The first-order valence-corrected chi connectivity index (χ1v) is 6.50. The van der Waals surface area contributed by atoms with E-state index in [0.717, 1.165) is 12.5 Å². The first-order valence-electron chi connectivity index (χ1n) is 6.50. The molecule has 2 rings (SSSR count). The van der Waals surface area contributed by atoms with Crippen molar-refractivity contribution in [3.05, 3.63) is 17.4 Å². The van der Waals surface area contributed by atoms with Gasteiger partial charge in [0, 0.05) is 6.07 Å². The smallest absolute Gasteiger partial charge is 0.467 e. The van der Waals surface area contributed by atoms with Gasteiger partial charge in [0.2, 0.25) is 0 Å². The molecule has 0 radical (unpaired) electrons. The summed E-state index contributed by atoms with van der Waals surface area (Å²) in [6.07, 6.45) is 1.47. The quantitative estimate of drug-likeness (QED) is 0.549. The highest BCUT2D eigenvalue weighted by atomic mass is 19.1. The van der Waals surface area contributed by atoms with Crippen LogP contribution in [0.1, 0.15) is 30.1 Å². The number of carbonyl (C=O) groups is 1. The zero-order valence-corrected chi connectivity index (χ0v) is 11.3. The Morgan fingerprint density at radius 3 is 2.81 bits per heavy atom. The predicted molar refractivity (Wildman–Crippen MR) is 70.1 cm³/mol. The van der Waals surface area contributed by atoms with Gasteiger partial charge in [-0.1, -0.05) is 13.3 Å². The minimum Gasteiger partial charge on any atom is -0.665 e. The van der Waals surface area contributed by atoms with Gasteiger partial charge in [-0.3, -0.25) is 0 Å². The summed E-state index contributed by atoms with van der Waals surface area (Å²) in [6, 6.07) is 0.885. The minimum atomic E-state index is -3.40. The average molecular weight is 301 g/mol. The van der Waals surface area contributed by atoms with Gasteiger partial charge in [-0.05, 0) is 6.42 Å². The molecule has 1 aliphatic rings. The van der Waals surface area contributed by atoms with Crippen molar-refractivity contribution in [1.82, 2.24) is 0 Å². The molecule has 0 aliphatic carbocycles. The second-order valence-corrected chi connectivity index (χ2v) is 4.68. The molecule has 7 nitrogen and oxygen atoms in total. The van der Waals surface area contributed by atoms with E-state index < -0.39 is 42.1 Å². The van der Waals surface area contributed by atoms with Crippen LogP contribution >= 0.6 is 0 Å². The van der Waals surface area contributed by atoms with E-state index in [0.29, 0.717) is 6.42 Å². The maximum Gasteiger partial charge on any atom is 0.467 e. The molecule has 0 atom stereocenters. The van der Waals surface area contributed by atoms with Gasteiger partial charge in [0.15, 0.2) is 11.6 Å². The Balaban J connectivity index is 2.48. The van der Waals surface area contributed by atoms with E-state index in [1.165, 1.54) is 0 Å². The Morgan fingerprint density at radius 2 is 2.19 bits per heavy atom. The number of carboxylic acids is 1. The second kappa shape index (κ2) is 5.78. The summed E-state index contributed by atoms with van der Waals surface area (Å²) in [5.74, 6) is -3.65. The molecule has 1 aromatic rings. The molecule has 0 bridgehead atoms. The number of aromatic carboxylic acids is 1. The van der Waals surface area contributed by atoms with E-state index in [9.17, 15) is 24.3 Å². The number of hydrogen-bond acceptors (Lipinski definition) is 6. The highest BCUT2D eigenvalue weighted by Crippen LogP contribution is 2.43. The number of hydrogen-bond donors (Lipinski definition) is 3. The largest absolute Gasteiger partial charge is 0.665 e. The van der Waals surface area contributed by atoms with Crippen molar-refractivity contribution in [2.75, 3.05) is 13.1 Å². The number of ether oxygens (including phenoxy) is 2. The third kappa shape index (κ3) is 3.19. The summed E-state index contributed by atoms with van der Waals surface area (Å²) in [5, 5.41) is 28.1. The van der Waals surface area contributed by atoms with Crippen LogP contribution in [-0.2, 0) is 0 Å². The number of benzene rings is 1. The Kier molecular flexibility index (Phi) is 4.24. The maximum atomic E-state index is 13.9. The average Bonchev–Trinajstić information content (AvgIpc) is 2.37. The molecular weight excluding hydrogens is 286 g/mol. The van der Waals surface area contributed by atoms with Crippen LogP contribution in [0.5, 0.6) is 17.2 Å². The Bertz CT molecular complexity index is 561. The van der Waals surface area contributed by atoms with Gasteiger partial charge >= 0.3 is 12.7 Å². The first-order chi connectivity index (χ1) is 9.85. The van der Waals surface area contributed by atoms with Crippen molar-refractivity contribution in [3.8, 4) is 17.2 Å². The summed E-state index contributed by atoms with van der Waals surface area (Å²) in [4.78, 5) is 11.4. The monoisotopic (exact) mass is 301 g/mol. The highest BCUT2D eigenvalue weighted by molar-refractivity contribution is 6.58. The lowest BCUT2D eigenvalue weighted by molar-refractivity contribution is 0.0685. The molecule has 1 aliphatic heterocycles. The lowest BCUT2D eigenvalue weighted by atomic mass is 9.80. The summed E-state index contributed by atoms with van der Waals surface area (Å²) < 4.78 is 28.8. The van der Waals surface area contributed by atoms with E-state index in [2.05, 4.69) is 0 Å². The third-order valence-corrected chi connectivity index (χ3v) is 2.88. The number of rotatable bonds is 5. The van der Waals surface area contributed by atoms with Crippen LogP contribution in [0.15, 0.2) is 6.07 Å². The van der Waals surface area contributed by atoms with Crippen LogP contribution in [0.3, 0.4) is 0 Å². The van der Waals surface area contributed by atoms with Crippen molar-refractivity contribution in [3.63, 3.8) is 0 Å². The lowest BCUT2D eigenvalue weighted by Crippen LogP contribution is -2.51. The molecule has 0 amide bonds. The first kappa shape index (κ1) is 15.4. The minimum absolute atomic E-state index is 0.199. The van der Waals surface area contributed by atoms with Crippen LogP contribution in [0.2, 0.25) is 0 Å². The normalized spacial score (nSPS) is 15.6. The van der Waals surface area contributed by atoms with Crippen LogP contribution in [0.4, 0.5) is 4.39 Å². The maximum absolute atomic E-state index is 13.9. The summed E-state index contributed by atoms with van der Waals surface area (Å²) in [5.41, 5.74) is -0.503. The van der Waals surface area contributed by atoms with E-state index in [4.69, 9.17) is 14.1 Å². The molecule has 9 heteroatoms. The van der Waals surface area contributed by atoms with E-state index in [-0.39, 0.29) is 12.4 Å². The van der Waals surface area contributed by atoms with Gasteiger partial charge in [-0.2, -0.15) is 0 Å². The van der Waals surface area contributed by atoms with Gasteiger partial charge in [0.05, 0.1) is 13.1 Å². The van der Waals surface area contributed by atoms with Crippen LogP contribution in [-0.4, -0.2) is 41.0 Å². The Labute approximate surface area is 119 Å². The summed E-state index contributed by atoms with van der Waals surface area (Å²) >= 11 is 0. The molecule has 0 unspecified atom stereocenters. The molecule has 116 valence electrons. The van der Waals surface area contributed by atoms with E-state index >= 15 is 0 Å². The third-order valence-electron chi connectivity index (χ3n) is 2.88. The number of fused-ring (bicyclic) bond motifs is 1. The van der Waals surface area contributed by atoms with Crippen LogP contribution in [0.25, 0.3) is 0 Å². The zero-order chi connectivity index (χ0) is 15.6. The molecule has 0 spiro atoms. The molecule has 0 saturated carbocycles. The summed E-state index contributed by atoms with van der Waals surface area (Å²) in [7, 11) is 0. The van der Waals surface area contributed by atoms with Gasteiger partial charge in [0.25, 0.3) is 0 Å². The van der Waals surface area contributed by atoms with E-state index in [1.807, 2.05) is 6.92 Å². The van der Waals surface area contributed by atoms with Crippen LogP contribution < -0.4 is 14.1 Å². The molecule has 21 heavy (non-hydrogen) atoms. The molecule has 0 fully saturated rings. The second-order valence-electron chi connectivity index (χ2n) is 4.68. The van der Waals surface area contributed by atoms with Gasteiger partial charge < -0.3 is 29.3 Å². The molecular formula is C12H15BFO7-. The van der Waals surface area contributed by atoms with Crippen molar-refractivity contribution in [1.29, 1.82) is 0 Å². The number of halogens is 1. The Morgan fingerprint density at radius 1 is 1.48 bits per heavy atom. The topological polar surface area (TPSA) is 105 Å².